The van der Waals surface area contributed by atoms with Crippen LogP contribution in [0.4, 0.5) is 0 Å². The highest BCUT2D eigenvalue weighted by Crippen LogP contribution is 2.19. The van der Waals surface area contributed by atoms with Gasteiger partial charge in [-0.25, -0.2) is 0 Å². The van der Waals surface area contributed by atoms with Crippen LogP contribution < -0.4 is 10.6 Å². The lowest BCUT2D eigenvalue weighted by atomic mass is 10.0. The van der Waals surface area contributed by atoms with Crippen molar-refractivity contribution in [3.63, 3.8) is 0 Å². The molecule has 20 heavy (non-hydrogen) atoms. The minimum Gasteiger partial charge on any atom is -0.387 e. The van der Waals surface area contributed by atoms with E-state index in [1.54, 1.807) is 7.05 Å². The largest absolute Gasteiger partial charge is 0.387 e. The minimum atomic E-state index is -0.689. The van der Waals surface area contributed by atoms with Crippen molar-refractivity contribution in [3.05, 3.63) is 48.0 Å². The van der Waals surface area contributed by atoms with Crippen molar-refractivity contribution in [2.75, 3.05) is 20.1 Å². The number of hydrogen-bond donors (Lipinski definition) is 3. The van der Waals surface area contributed by atoms with Gasteiger partial charge in [-0.1, -0.05) is 36.4 Å². The summed E-state index contributed by atoms with van der Waals surface area (Å²) in [4.78, 5) is 11.3. The van der Waals surface area contributed by atoms with Crippen molar-refractivity contribution < 1.29 is 9.90 Å². The van der Waals surface area contributed by atoms with E-state index in [4.69, 9.17) is 0 Å². The molecule has 0 saturated carbocycles. The van der Waals surface area contributed by atoms with Gasteiger partial charge in [-0.05, 0) is 29.4 Å². The van der Waals surface area contributed by atoms with Crippen LogP contribution >= 0.6 is 12.4 Å². The standard InChI is InChI=1S/C15H18N2O2.ClH/c1-16-10-15(19)17-9-14(18)13-7-6-11-4-2-3-5-12(11)8-13;/h2-8,14,16,18H,9-10H2,1H3,(H,17,19);1H. The summed E-state index contributed by atoms with van der Waals surface area (Å²) in [5.74, 6) is -0.123. The van der Waals surface area contributed by atoms with Crippen LogP contribution in [0.2, 0.25) is 0 Å². The summed E-state index contributed by atoms with van der Waals surface area (Å²) in [6.45, 7) is 0.475. The molecular weight excluding hydrogens is 276 g/mol. The molecule has 0 aliphatic rings. The van der Waals surface area contributed by atoms with Gasteiger partial charge in [0.05, 0.1) is 12.6 Å². The molecule has 3 N–H and O–H groups in total. The SMILES string of the molecule is CNCC(=O)NCC(O)c1ccc2ccccc2c1.Cl. The van der Waals surface area contributed by atoms with Crippen molar-refractivity contribution in [2.24, 2.45) is 0 Å². The van der Waals surface area contributed by atoms with Gasteiger partial charge in [-0.3, -0.25) is 4.79 Å². The monoisotopic (exact) mass is 294 g/mol. The maximum atomic E-state index is 11.3. The van der Waals surface area contributed by atoms with Gasteiger partial charge in [0, 0.05) is 6.54 Å². The number of rotatable bonds is 5. The number of hydrogen-bond acceptors (Lipinski definition) is 3. The van der Waals surface area contributed by atoms with E-state index in [2.05, 4.69) is 10.6 Å². The van der Waals surface area contributed by atoms with E-state index >= 15 is 0 Å². The molecule has 1 atom stereocenters. The Morgan fingerprint density at radius 2 is 1.90 bits per heavy atom. The zero-order valence-electron chi connectivity index (χ0n) is 11.3. The zero-order chi connectivity index (χ0) is 13.7. The molecule has 108 valence electrons. The molecule has 0 fully saturated rings. The first-order valence-corrected chi connectivity index (χ1v) is 6.29. The molecule has 5 heteroatoms. The first-order valence-electron chi connectivity index (χ1n) is 6.29. The topological polar surface area (TPSA) is 61.4 Å². The number of aliphatic hydroxyl groups excluding tert-OH is 1. The number of carbonyl (C=O) groups excluding carboxylic acids is 1. The second-order valence-electron chi connectivity index (χ2n) is 4.46. The molecule has 0 spiro atoms. The third-order valence-electron chi connectivity index (χ3n) is 2.99. The summed E-state index contributed by atoms with van der Waals surface area (Å²) in [6.07, 6.45) is -0.689. The maximum Gasteiger partial charge on any atom is 0.234 e. The van der Waals surface area contributed by atoms with E-state index in [1.165, 1.54) is 0 Å². The number of fused-ring (bicyclic) bond motifs is 1. The van der Waals surface area contributed by atoms with Gasteiger partial charge < -0.3 is 15.7 Å². The van der Waals surface area contributed by atoms with Crippen molar-refractivity contribution in [1.29, 1.82) is 0 Å². The Morgan fingerprint density at radius 1 is 1.20 bits per heavy atom. The van der Waals surface area contributed by atoms with E-state index in [-0.39, 0.29) is 31.4 Å². The summed E-state index contributed by atoms with van der Waals surface area (Å²) >= 11 is 0. The average Bonchev–Trinajstić information content (AvgIpc) is 2.44. The molecular formula is C15H19ClN2O2. The van der Waals surface area contributed by atoms with Crippen LogP contribution in [0.3, 0.4) is 0 Å². The Bertz CT molecular complexity index is 575. The molecule has 4 nitrogen and oxygen atoms in total. The van der Waals surface area contributed by atoms with Gasteiger partial charge >= 0.3 is 0 Å². The van der Waals surface area contributed by atoms with Crippen molar-refractivity contribution in [2.45, 2.75) is 6.10 Å². The summed E-state index contributed by atoms with van der Waals surface area (Å²) in [5.41, 5.74) is 0.809. The van der Waals surface area contributed by atoms with Gasteiger partial charge in [0.15, 0.2) is 0 Å². The molecule has 0 heterocycles. The third-order valence-corrected chi connectivity index (χ3v) is 2.99. The Morgan fingerprint density at radius 3 is 2.60 bits per heavy atom. The lowest BCUT2D eigenvalue weighted by Gasteiger charge is -2.13. The number of carbonyl (C=O) groups is 1. The molecule has 0 aliphatic carbocycles. The van der Waals surface area contributed by atoms with Gasteiger partial charge in [-0.15, -0.1) is 12.4 Å². The molecule has 1 unspecified atom stereocenters. The molecule has 2 rings (SSSR count). The summed E-state index contributed by atoms with van der Waals surface area (Å²) < 4.78 is 0. The van der Waals surface area contributed by atoms with Gasteiger partial charge in [0.25, 0.3) is 0 Å². The van der Waals surface area contributed by atoms with E-state index in [0.717, 1.165) is 16.3 Å². The first kappa shape index (κ1) is 16.4. The highest BCUT2D eigenvalue weighted by atomic mass is 35.5. The Balaban J connectivity index is 0.00000200. The minimum absolute atomic E-state index is 0. The Kier molecular flexibility index (Phi) is 6.45. The zero-order valence-corrected chi connectivity index (χ0v) is 12.1. The van der Waals surface area contributed by atoms with E-state index in [1.807, 2.05) is 42.5 Å². The highest BCUT2D eigenvalue weighted by Gasteiger charge is 2.09. The quantitative estimate of drug-likeness (QED) is 0.785. The fourth-order valence-corrected chi connectivity index (χ4v) is 1.97. The van der Waals surface area contributed by atoms with Gasteiger partial charge in [0.1, 0.15) is 0 Å². The lowest BCUT2D eigenvalue weighted by Crippen LogP contribution is -2.34. The van der Waals surface area contributed by atoms with Crippen molar-refractivity contribution in [1.82, 2.24) is 10.6 Å². The molecule has 2 aromatic rings. The fourth-order valence-electron chi connectivity index (χ4n) is 1.97. The van der Waals surface area contributed by atoms with Gasteiger partial charge in [-0.2, -0.15) is 0 Å². The number of benzene rings is 2. The van der Waals surface area contributed by atoms with Crippen LogP contribution in [0, 0.1) is 0 Å². The molecule has 0 bridgehead atoms. The number of nitrogens with one attached hydrogen (secondary N) is 2. The normalized spacial score (nSPS) is 11.7. The predicted octanol–water partition coefficient (Wildman–Crippen LogP) is 1.63. The second-order valence-corrected chi connectivity index (χ2v) is 4.46. The highest BCUT2D eigenvalue weighted by molar-refractivity contribution is 5.85. The number of halogens is 1. The molecule has 1 amide bonds. The predicted molar refractivity (Wildman–Crippen MR) is 83.1 cm³/mol. The van der Waals surface area contributed by atoms with Gasteiger partial charge in [0.2, 0.25) is 5.91 Å². The van der Waals surface area contributed by atoms with Crippen LogP contribution in [0.1, 0.15) is 11.7 Å². The van der Waals surface area contributed by atoms with Crippen LogP contribution in [0.5, 0.6) is 0 Å². The van der Waals surface area contributed by atoms with Crippen LogP contribution in [-0.2, 0) is 4.79 Å². The molecule has 0 saturated heterocycles. The Hall–Kier alpha value is -1.62. The first-order chi connectivity index (χ1) is 9.20. The molecule has 0 aromatic heterocycles. The fraction of sp³-hybridized carbons (Fsp3) is 0.267. The van der Waals surface area contributed by atoms with Crippen LogP contribution in [0.15, 0.2) is 42.5 Å². The molecule has 0 radical (unpaired) electrons. The maximum absolute atomic E-state index is 11.3. The third kappa shape index (κ3) is 4.20. The average molecular weight is 295 g/mol. The van der Waals surface area contributed by atoms with Crippen LogP contribution in [0.25, 0.3) is 10.8 Å². The molecule has 0 aliphatic heterocycles. The summed E-state index contributed by atoms with van der Waals surface area (Å²) in [6, 6.07) is 13.8. The number of aliphatic hydroxyl groups is 1. The molecule has 2 aromatic carbocycles. The van der Waals surface area contributed by atoms with Crippen molar-refractivity contribution >= 4 is 29.1 Å². The summed E-state index contributed by atoms with van der Waals surface area (Å²) in [5, 5.41) is 17.7. The van der Waals surface area contributed by atoms with Crippen molar-refractivity contribution in [3.8, 4) is 0 Å². The smallest absolute Gasteiger partial charge is 0.234 e. The summed E-state index contributed by atoms with van der Waals surface area (Å²) in [7, 11) is 1.71. The lowest BCUT2D eigenvalue weighted by molar-refractivity contribution is -0.120. The number of likely N-dealkylation sites (N-methyl/N-ethyl adjacent to an activating group) is 1. The van der Waals surface area contributed by atoms with Crippen LogP contribution in [-0.4, -0.2) is 31.2 Å². The Labute approximate surface area is 124 Å². The van der Waals surface area contributed by atoms with E-state index in [0.29, 0.717) is 0 Å². The second kappa shape index (κ2) is 7.85. The van der Waals surface area contributed by atoms with E-state index in [9.17, 15) is 9.90 Å². The number of amides is 1. The van der Waals surface area contributed by atoms with E-state index < -0.39 is 6.10 Å².